The fourth-order valence-corrected chi connectivity index (χ4v) is 2.95. The molecular weight excluding hydrogens is 287 g/mol. The van der Waals surface area contributed by atoms with E-state index in [-0.39, 0.29) is 24.2 Å². The topological polar surface area (TPSA) is 42.0 Å². The van der Waals surface area contributed by atoms with Crippen molar-refractivity contribution >= 4 is 17.2 Å². The lowest BCUT2D eigenvalue weighted by Gasteiger charge is -2.11. The van der Waals surface area contributed by atoms with Gasteiger partial charge in [0.1, 0.15) is 10.8 Å². The Bertz CT molecular complexity index is 612. The van der Waals surface area contributed by atoms with Crippen molar-refractivity contribution in [1.29, 1.82) is 0 Å². The zero-order chi connectivity index (χ0) is 15.2. The molecule has 0 bridgehead atoms. The van der Waals surface area contributed by atoms with Crippen LogP contribution in [-0.2, 0) is 11.2 Å². The summed E-state index contributed by atoms with van der Waals surface area (Å²) in [5.74, 6) is -0.303. The van der Waals surface area contributed by atoms with Gasteiger partial charge in [0.05, 0.1) is 12.1 Å². The molecular formula is C16H19FN2OS. The zero-order valence-corrected chi connectivity index (χ0v) is 13.0. The largest absolute Gasteiger partial charge is 0.353 e. The number of nitrogens with one attached hydrogen (secondary N) is 1. The van der Waals surface area contributed by atoms with Crippen LogP contribution in [0.25, 0.3) is 10.6 Å². The Morgan fingerprint density at radius 3 is 3.00 bits per heavy atom. The van der Waals surface area contributed by atoms with Crippen LogP contribution in [0, 0.1) is 5.82 Å². The van der Waals surface area contributed by atoms with Crippen molar-refractivity contribution in [3.63, 3.8) is 0 Å². The molecule has 2 rings (SSSR count). The van der Waals surface area contributed by atoms with Gasteiger partial charge < -0.3 is 5.32 Å². The van der Waals surface area contributed by atoms with Crippen LogP contribution in [0.2, 0.25) is 0 Å². The molecule has 1 amide bonds. The maximum atomic E-state index is 13.2. The minimum absolute atomic E-state index is 0.0213. The summed E-state index contributed by atoms with van der Waals surface area (Å²) < 4.78 is 13.2. The molecule has 21 heavy (non-hydrogen) atoms. The lowest BCUT2D eigenvalue weighted by atomic mass is 10.2. The number of thiazole rings is 1. The van der Waals surface area contributed by atoms with Crippen molar-refractivity contribution in [2.24, 2.45) is 0 Å². The Labute approximate surface area is 128 Å². The van der Waals surface area contributed by atoms with E-state index in [0.717, 1.165) is 29.1 Å². The first-order chi connectivity index (χ1) is 10.1. The van der Waals surface area contributed by atoms with Crippen molar-refractivity contribution in [2.75, 3.05) is 0 Å². The lowest BCUT2D eigenvalue weighted by Crippen LogP contribution is -2.33. The van der Waals surface area contributed by atoms with Crippen molar-refractivity contribution < 1.29 is 9.18 Å². The van der Waals surface area contributed by atoms with Crippen LogP contribution in [0.4, 0.5) is 4.39 Å². The molecule has 1 unspecified atom stereocenters. The molecule has 2 aromatic rings. The number of carbonyl (C=O) groups excluding carboxylic acids is 1. The van der Waals surface area contributed by atoms with Gasteiger partial charge in [-0.3, -0.25) is 4.79 Å². The van der Waals surface area contributed by atoms with Gasteiger partial charge in [-0.1, -0.05) is 25.5 Å². The third kappa shape index (κ3) is 4.63. The molecule has 0 aliphatic carbocycles. The summed E-state index contributed by atoms with van der Waals surface area (Å²) in [5.41, 5.74) is 1.46. The van der Waals surface area contributed by atoms with Gasteiger partial charge in [0, 0.05) is 17.0 Å². The molecule has 0 aliphatic rings. The Balaban J connectivity index is 1.99. The summed E-state index contributed by atoms with van der Waals surface area (Å²) in [7, 11) is 0. The van der Waals surface area contributed by atoms with E-state index in [1.165, 1.54) is 23.5 Å². The van der Waals surface area contributed by atoms with Gasteiger partial charge in [-0.2, -0.15) is 0 Å². The van der Waals surface area contributed by atoms with E-state index in [0.29, 0.717) is 0 Å². The number of halogens is 1. The number of hydrogen-bond acceptors (Lipinski definition) is 3. The molecule has 0 saturated carbocycles. The third-order valence-electron chi connectivity index (χ3n) is 3.09. The molecule has 1 aromatic carbocycles. The van der Waals surface area contributed by atoms with E-state index in [2.05, 4.69) is 17.2 Å². The number of carbonyl (C=O) groups is 1. The molecule has 0 radical (unpaired) electrons. The Kier molecular flexibility index (Phi) is 5.44. The maximum absolute atomic E-state index is 13.2. The number of amides is 1. The van der Waals surface area contributed by atoms with Crippen LogP contribution >= 0.6 is 11.3 Å². The first-order valence-corrected chi connectivity index (χ1v) is 7.96. The summed E-state index contributed by atoms with van der Waals surface area (Å²) in [5, 5.41) is 5.54. The quantitative estimate of drug-likeness (QED) is 0.882. The van der Waals surface area contributed by atoms with Gasteiger partial charge in [-0.05, 0) is 25.5 Å². The molecule has 1 heterocycles. The van der Waals surface area contributed by atoms with E-state index in [4.69, 9.17) is 0 Å². The fourth-order valence-electron chi connectivity index (χ4n) is 2.14. The molecule has 0 saturated heterocycles. The maximum Gasteiger partial charge on any atom is 0.226 e. The van der Waals surface area contributed by atoms with E-state index in [9.17, 15) is 9.18 Å². The summed E-state index contributed by atoms with van der Waals surface area (Å²) in [6.07, 6.45) is 2.28. The number of hydrogen-bond donors (Lipinski definition) is 1. The minimum atomic E-state index is -0.282. The van der Waals surface area contributed by atoms with Crippen LogP contribution in [-0.4, -0.2) is 16.9 Å². The average molecular weight is 306 g/mol. The van der Waals surface area contributed by atoms with Crippen LogP contribution < -0.4 is 5.32 Å². The van der Waals surface area contributed by atoms with Gasteiger partial charge in [0.15, 0.2) is 0 Å². The Hall–Kier alpha value is -1.75. The number of aromatic nitrogens is 1. The summed E-state index contributed by atoms with van der Waals surface area (Å²) >= 11 is 1.42. The molecule has 0 spiro atoms. The second kappa shape index (κ2) is 7.31. The first kappa shape index (κ1) is 15.6. The molecule has 1 N–H and O–H groups in total. The van der Waals surface area contributed by atoms with E-state index in [1.807, 2.05) is 18.4 Å². The van der Waals surface area contributed by atoms with Gasteiger partial charge in [-0.25, -0.2) is 9.37 Å². The van der Waals surface area contributed by atoms with Gasteiger partial charge in [-0.15, -0.1) is 11.3 Å². The molecule has 112 valence electrons. The highest BCUT2D eigenvalue weighted by atomic mass is 32.1. The zero-order valence-electron chi connectivity index (χ0n) is 12.2. The lowest BCUT2D eigenvalue weighted by molar-refractivity contribution is -0.121. The van der Waals surface area contributed by atoms with Crippen LogP contribution in [0.15, 0.2) is 29.6 Å². The Morgan fingerprint density at radius 1 is 1.48 bits per heavy atom. The van der Waals surface area contributed by atoms with E-state index >= 15 is 0 Å². The predicted octanol–water partition coefficient (Wildman–Crippen LogP) is 3.80. The van der Waals surface area contributed by atoms with Crippen molar-refractivity contribution in [3.05, 3.63) is 41.2 Å². The summed E-state index contributed by atoms with van der Waals surface area (Å²) in [6, 6.07) is 6.51. The van der Waals surface area contributed by atoms with Crippen molar-refractivity contribution in [2.45, 2.75) is 39.2 Å². The third-order valence-corrected chi connectivity index (χ3v) is 4.03. The minimum Gasteiger partial charge on any atom is -0.353 e. The monoisotopic (exact) mass is 306 g/mol. The molecule has 0 aliphatic heterocycles. The molecule has 1 aromatic heterocycles. The Morgan fingerprint density at radius 2 is 2.29 bits per heavy atom. The normalized spacial score (nSPS) is 12.1. The van der Waals surface area contributed by atoms with Crippen molar-refractivity contribution in [1.82, 2.24) is 10.3 Å². The second-order valence-corrected chi connectivity index (χ2v) is 5.95. The van der Waals surface area contributed by atoms with Gasteiger partial charge in [0.2, 0.25) is 5.91 Å². The van der Waals surface area contributed by atoms with Gasteiger partial charge >= 0.3 is 0 Å². The number of benzene rings is 1. The summed E-state index contributed by atoms with van der Waals surface area (Å²) in [6.45, 7) is 4.09. The molecule has 0 fully saturated rings. The smallest absolute Gasteiger partial charge is 0.226 e. The second-order valence-electron chi connectivity index (χ2n) is 5.09. The van der Waals surface area contributed by atoms with E-state index < -0.39 is 0 Å². The fraction of sp³-hybridized carbons (Fsp3) is 0.375. The SMILES string of the molecule is CCCC(C)NC(=O)Cc1csc(-c2cccc(F)c2)n1. The average Bonchev–Trinajstić information content (AvgIpc) is 2.87. The standard InChI is InChI=1S/C16H19FN2OS/c1-3-5-11(2)18-15(20)9-14-10-21-16(19-14)12-6-4-7-13(17)8-12/h4,6-8,10-11H,3,5,9H2,1-2H3,(H,18,20). The highest BCUT2D eigenvalue weighted by Gasteiger charge is 2.11. The van der Waals surface area contributed by atoms with Gasteiger partial charge in [0.25, 0.3) is 0 Å². The molecule has 3 nitrogen and oxygen atoms in total. The highest BCUT2D eigenvalue weighted by molar-refractivity contribution is 7.13. The highest BCUT2D eigenvalue weighted by Crippen LogP contribution is 2.24. The summed E-state index contributed by atoms with van der Waals surface area (Å²) in [4.78, 5) is 16.3. The number of rotatable bonds is 6. The number of nitrogens with zero attached hydrogens (tertiary/aromatic N) is 1. The van der Waals surface area contributed by atoms with Crippen LogP contribution in [0.3, 0.4) is 0 Å². The molecule has 5 heteroatoms. The molecule has 1 atom stereocenters. The first-order valence-electron chi connectivity index (χ1n) is 7.08. The van der Waals surface area contributed by atoms with Crippen LogP contribution in [0.5, 0.6) is 0 Å². The van der Waals surface area contributed by atoms with Crippen molar-refractivity contribution in [3.8, 4) is 10.6 Å². The van der Waals surface area contributed by atoms with E-state index in [1.54, 1.807) is 6.07 Å². The van der Waals surface area contributed by atoms with Crippen LogP contribution in [0.1, 0.15) is 32.4 Å². The predicted molar refractivity (Wildman–Crippen MR) is 83.7 cm³/mol.